The van der Waals surface area contributed by atoms with Crippen molar-refractivity contribution in [1.82, 2.24) is 9.55 Å². The Morgan fingerprint density at radius 3 is 2.64 bits per heavy atom. The highest BCUT2D eigenvalue weighted by atomic mass is 28.3. The second kappa shape index (κ2) is 7.63. The van der Waals surface area contributed by atoms with Gasteiger partial charge in [0.2, 0.25) is 0 Å². The van der Waals surface area contributed by atoms with Crippen LogP contribution in [-0.4, -0.2) is 30.7 Å². The summed E-state index contributed by atoms with van der Waals surface area (Å²) in [5.41, 5.74) is 4.70. The number of ether oxygens (including phenoxy) is 2. The van der Waals surface area contributed by atoms with Gasteiger partial charge in [-0.1, -0.05) is 50.8 Å². The monoisotopic (exact) mass is 462 g/mol. The van der Waals surface area contributed by atoms with E-state index < -0.39 is 19.6 Å². The summed E-state index contributed by atoms with van der Waals surface area (Å²) in [5, 5.41) is 1.17. The zero-order valence-electron chi connectivity index (χ0n) is 19.9. The third-order valence-electron chi connectivity index (χ3n) is 7.15. The molecule has 1 atom stereocenters. The number of aryl methyl sites for hydroxylation is 1. The van der Waals surface area contributed by atoms with Gasteiger partial charge in [-0.2, -0.15) is 0 Å². The molecule has 4 heterocycles. The molecule has 2 aliphatic rings. The van der Waals surface area contributed by atoms with Gasteiger partial charge in [-0.05, 0) is 30.5 Å². The van der Waals surface area contributed by atoms with Crippen LogP contribution in [0.25, 0.3) is 22.3 Å². The molecule has 0 saturated carbocycles. The first kappa shape index (κ1) is 22.0. The third-order valence-corrected chi connectivity index (χ3v) is 8.90. The van der Waals surface area contributed by atoms with E-state index in [1.807, 2.05) is 25.1 Å². The van der Waals surface area contributed by atoms with E-state index in [4.69, 9.17) is 14.5 Å². The number of fused-ring (bicyclic) bond motifs is 5. The predicted octanol–water partition coefficient (Wildman–Crippen LogP) is 4.61. The zero-order chi connectivity index (χ0) is 23.5. The molecule has 33 heavy (non-hydrogen) atoms. The number of benzene rings is 1. The Kier molecular flexibility index (Phi) is 5.10. The number of carbonyl (C=O) groups is 1. The van der Waals surface area contributed by atoms with Crippen LogP contribution in [0.4, 0.5) is 0 Å². The Hall–Kier alpha value is -2.77. The highest BCUT2D eigenvalue weighted by molar-refractivity contribution is 6.76. The first-order valence-corrected chi connectivity index (χ1v) is 15.3. The van der Waals surface area contributed by atoms with Crippen LogP contribution in [0.1, 0.15) is 35.6 Å². The number of hydrogen-bond acceptors (Lipinski definition) is 5. The maximum atomic E-state index is 13.6. The fraction of sp³-hybridized carbons (Fsp3) is 0.423. The van der Waals surface area contributed by atoms with Crippen LogP contribution in [0.3, 0.4) is 0 Å². The summed E-state index contributed by atoms with van der Waals surface area (Å²) in [6.45, 7) is 9.50. The van der Waals surface area contributed by atoms with Crippen molar-refractivity contribution in [3.8, 4) is 11.4 Å². The number of hydrogen-bond donors (Lipinski definition) is 0. The lowest BCUT2D eigenvalue weighted by Crippen LogP contribution is -2.45. The topological polar surface area (TPSA) is 70.4 Å². The number of aromatic nitrogens is 2. The van der Waals surface area contributed by atoms with Crippen molar-refractivity contribution in [2.45, 2.75) is 64.2 Å². The van der Waals surface area contributed by atoms with Gasteiger partial charge in [0.25, 0.3) is 5.56 Å². The Bertz CT molecular complexity index is 1350. The average molecular weight is 463 g/mol. The smallest absolute Gasteiger partial charge is 0.343 e. The van der Waals surface area contributed by atoms with Crippen LogP contribution in [0.5, 0.6) is 0 Å². The number of pyridine rings is 2. The molecule has 0 aliphatic carbocycles. The fourth-order valence-electron chi connectivity index (χ4n) is 5.22. The van der Waals surface area contributed by atoms with E-state index in [9.17, 15) is 9.59 Å². The Morgan fingerprint density at radius 1 is 1.18 bits per heavy atom. The van der Waals surface area contributed by atoms with Gasteiger partial charge in [0.05, 0.1) is 29.0 Å². The first-order chi connectivity index (χ1) is 15.7. The molecule has 3 aromatic rings. The van der Waals surface area contributed by atoms with E-state index in [0.29, 0.717) is 24.1 Å². The van der Waals surface area contributed by atoms with Crippen LogP contribution >= 0.6 is 0 Å². The molecule has 0 spiro atoms. The molecule has 7 heteroatoms. The maximum absolute atomic E-state index is 13.6. The molecule has 1 aromatic carbocycles. The summed E-state index contributed by atoms with van der Waals surface area (Å²) in [5.74, 6) is -0.440. The van der Waals surface area contributed by atoms with Crippen LogP contribution in [0.2, 0.25) is 25.7 Å². The van der Waals surface area contributed by atoms with Crippen molar-refractivity contribution < 1.29 is 14.3 Å². The molecule has 2 aliphatic heterocycles. The molecule has 0 radical (unpaired) electrons. The summed E-state index contributed by atoms with van der Waals surface area (Å²) in [6, 6.07) is 11.3. The van der Waals surface area contributed by atoms with Gasteiger partial charge in [-0.25, -0.2) is 9.78 Å². The Morgan fingerprint density at radius 2 is 1.94 bits per heavy atom. The lowest BCUT2D eigenvalue weighted by atomic mass is 9.85. The summed E-state index contributed by atoms with van der Waals surface area (Å²) >= 11 is 0. The second-order valence-corrected chi connectivity index (χ2v) is 15.9. The largest absolute Gasteiger partial charge is 0.458 e. The number of para-hydroxylation sites is 1. The first-order valence-electron chi connectivity index (χ1n) is 11.6. The second-order valence-electron chi connectivity index (χ2n) is 10.3. The van der Waals surface area contributed by atoms with E-state index in [1.54, 1.807) is 4.57 Å². The lowest BCUT2D eigenvalue weighted by Gasteiger charge is -2.34. The maximum Gasteiger partial charge on any atom is 0.343 e. The average Bonchev–Trinajstić information content (AvgIpc) is 3.15. The highest BCUT2D eigenvalue weighted by Crippen LogP contribution is 2.41. The van der Waals surface area contributed by atoms with Crippen molar-refractivity contribution in [3.05, 3.63) is 62.9 Å². The molecule has 0 saturated heterocycles. The quantitative estimate of drug-likeness (QED) is 0.320. The standard InChI is InChI=1S/C26H30N2O4Si/c1-6-26(31-2)20-13-22-23-18(14-28(22)24(29)19(20)15-32-25(26)30)16(11-12-33(3,4)5)17-9-7-8-10-21(17)27-23/h7-10,13H,6,11-12,14-15H2,1-5H3. The third kappa shape index (κ3) is 3.28. The molecule has 5 rings (SSSR count). The van der Waals surface area contributed by atoms with Gasteiger partial charge < -0.3 is 14.0 Å². The number of nitrogens with zero attached hydrogens (tertiary/aromatic N) is 2. The summed E-state index contributed by atoms with van der Waals surface area (Å²) < 4.78 is 12.9. The molecule has 0 fully saturated rings. The Balaban J connectivity index is 1.77. The minimum absolute atomic E-state index is 0.0212. The molecular formula is C26H30N2O4Si. The number of carbonyl (C=O) groups excluding carboxylic acids is 1. The fourth-order valence-corrected chi connectivity index (χ4v) is 6.22. The molecule has 0 N–H and O–H groups in total. The molecule has 6 nitrogen and oxygen atoms in total. The molecule has 0 bridgehead atoms. The van der Waals surface area contributed by atoms with Crippen LogP contribution in [0, 0.1) is 0 Å². The molecule has 0 amide bonds. The van der Waals surface area contributed by atoms with Crippen molar-refractivity contribution in [1.29, 1.82) is 0 Å². The van der Waals surface area contributed by atoms with Crippen LogP contribution < -0.4 is 5.56 Å². The van der Waals surface area contributed by atoms with E-state index in [-0.39, 0.29) is 12.2 Å². The van der Waals surface area contributed by atoms with Gasteiger partial charge in [-0.15, -0.1) is 0 Å². The van der Waals surface area contributed by atoms with Gasteiger partial charge in [0.15, 0.2) is 5.60 Å². The predicted molar refractivity (Wildman–Crippen MR) is 131 cm³/mol. The van der Waals surface area contributed by atoms with E-state index in [0.717, 1.165) is 28.9 Å². The summed E-state index contributed by atoms with van der Waals surface area (Å²) in [7, 11) is 0.231. The number of rotatable bonds is 5. The minimum atomic E-state index is -1.27. The number of methoxy groups -OCH3 is 1. The molecule has 1 unspecified atom stereocenters. The minimum Gasteiger partial charge on any atom is -0.458 e. The van der Waals surface area contributed by atoms with Gasteiger partial charge in [-0.3, -0.25) is 4.79 Å². The molecular weight excluding hydrogens is 432 g/mol. The zero-order valence-corrected chi connectivity index (χ0v) is 20.9. The summed E-state index contributed by atoms with van der Waals surface area (Å²) in [6.07, 6.45) is 1.36. The lowest BCUT2D eigenvalue weighted by molar-refractivity contribution is -0.176. The normalized spacial score (nSPS) is 19.2. The highest BCUT2D eigenvalue weighted by Gasteiger charge is 2.47. The van der Waals surface area contributed by atoms with Gasteiger partial charge >= 0.3 is 5.97 Å². The van der Waals surface area contributed by atoms with E-state index in [1.165, 1.54) is 24.1 Å². The Labute approximate surface area is 194 Å². The van der Waals surface area contributed by atoms with Crippen molar-refractivity contribution in [3.63, 3.8) is 0 Å². The van der Waals surface area contributed by atoms with Gasteiger partial charge in [0, 0.05) is 31.7 Å². The van der Waals surface area contributed by atoms with Crippen molar-refractivity contribution >= 4 is 24.9 Å². The molecule has 2 aromatic heterocycles. The SMILES string of the molecule is CCC1(OC)C(=O)OCc2c1cc1n(c2=O)Cc2c-1nc1ccccc1c2CC[Si](C)(C)C. The van der Waals surface area contributed by atoms with Gasteiger partial charge in [0.1, 0.15) is 6.61 Å². The number of cyclic esters (lactones) is 1. The summed E-state index contributed by atoms with van der Waals surface area (Å²) in [4.78, 5) is 31.4. The van der Waals surface area contributed by atoms with E-state index >= 15 is 0 Å². The number of esters is 1. The van der Waals surface area contributed by atoms with Crippen molar-refractivity contribution in [2.24, 2.45) is 0 Å². The van der Waals surface area contributed by atoms with Crippen molar-refractivity contribution in [2.75, 3.05) is 7.11 Å². The molecule has 172 valence electrons. The van der Waals surface area contributed by atoms with Crippen LogP contribution in [0.15, 0.2) is 35.1 Å². The van der Waals surface area contributed by atoms with E-state index in [2.05, 4.69) is 31.8 Å². The van der Waals surface area contributed by atoms with Crippen LogP contribution in [-0.2, 0) is 39.4 Å².